The number of piperazine rings is 1. The molecule has 0 spiro atoms. The summed E-state index contributed by atoms with van der Waals surface area (Å²) in [4.78, 5) is 32.7. The van der Waals surface area contributed by atoms with Crippen molar-refractivity contribution in [3.8, 4) is 0 Å². The first-order chi connectivity index (χ1) is 20.1. The lowest BCUT2D eigenvalue weighted by molar-refractivity contribution is -0.129. The van der Waals surface area contributed by atoms with Gasteiger partial charge >= 0.3 is 6.03 Å². The third kappa shape index (κ3) is 6.13. The highest BCUT2D eigenvalue weighted by atomic mass is 32.2. The zero-order valence-electron chi connectivity index (χ0n) is 24.0. The topological polar surface area (TPSA) is 90.0 Å². The van der Waals surface area contributed by atoms with Gasteiger partial charge in [0.1, 0.15) is 5.82 Å². The van der Waals surface area contributed by atoms with Crippen LogP contribution in [0.3, 0.4) is 0 Å². The highest BCUT2D eigenvalue weighted by Gasteiger charge is 2.44. The molecular weight excluding hydrogens is 555 g/mol. The number of halogens is 1. The predicted octanol–water partition coefficient (Wildman–Crippen LogP) is 4.38. The van der Waals surface area contributed by atoms with E-state index >= 15 is 0 Å². The minimum atomic E-state index is -3.50. The zero-order valence-corrected chi connectivity index (χ0v) is 24.8. The third-order valence-electron chi connectivity index (χ3n) is 8.53. The van der Waals surface area contributed by atoms with Gasteiger partial charge in [-0.2, -0.15) is 0 Å². The molecule has 3 amide bonds. The first-order valence-corrected chi connectivity index (χ1v) is 16.2. The number of nitrogens with zero attached hydrogens (tertiary/aromatic N) is 3. The van der Waals surface area contributed by atoms with E-state index in [2.05, 4.69) is 5.32 Å². The van der Waals surface area contributed by atoms with E-state index in [1.165, 1.54) is 12.1 Å². The van der Waals surface area contributed by atoms with E-state index in [1.807, 2.05) is 77.4 Å². The summed E-state index contributed by atoms with van der Waals surface area (Å²) in [6.07, 6.45) is 2.07. The number of carbonyl (C=O) groups is 2. The van der Waals surface area contributed by atoms with E-state index in [0.717, 1.165) is 23.4 Å². The second-order valence-electron chi connectivity index (χ2n) is 11.2. The Kier molecular flexibility index (Phi) is 8.54. The molecule has 2 aliphatic rings. The van der Waals surface area contributed by atoms with Crippen LogP contribution in [-0.2, 0) is 20.0 Å². The van der Waals surface area contributed by atoms with Gasteiger partial charge in [-0.15, -0.1) is 0 Å². The summed E-state index contributed by atoms with van der Waals surface area (Å²) >= 11 is 0. The van der Waals surface area contributed by atoms with E-state index in [4.69, 9.17) is 0 Å². The number of rotatable bonds is 6. The van der Waals surface area contributed by atoms with Gasteiger partial charge in [0.05, 0.1) is 22.0 Å². The van der Waals surface area contributed by atoms with Crippen LogP contribution in [0.5, 0.6) is 0 Å². The zero-order chi connectivity index (χ0) is 29.9. The molecule has 0 saturated carbocycles. The Bertz CT molecular complexity index is 1520. The molecule has 1 atom stereocenters. The quantitative estimate of drug-likeness (QED) is 0.459. The van der Waals surface area contributed by atoms with Gasteiger partial charge in [-0.25, -0.2) is 17.6 Å². The van der Waals surface area contributed by atoms with Crippen LogP contribution in [0.25, 0.3) is 0 Å². The number of carbonyl (C=O) groups excluding carboxylic acids is 2. The van der Waals surface area contributed by atoms with E-state index in [-0.39, 0.29) is 22.9 Å². The number of nitrogens with one attached hydrogen (secondary N) is 1. The van der Waals surface area contributed by atoms with Crippen LogP contribution in [0.2, 0.25) is 0 Å². The molecule has 2 saturated heterocycles. The van der Waals surface area contributed by atoms with E-state index in [9.17, 15) is 22.4 Å². The van der Waals surface area contributed by atoms with Crippen LogP contribution >= 0.6 is 0 Å². The number of piperidine rings is 1. The van der Waals surface area contributed by atoms with Crippen LogP contribution in [0.15, 0.2) is 83.8 Å². The monoisotopic (exact) mass is 592 g/mol. The van der Waals surface area contributed by atoms with Crippen molar-refractivity contribution in [3.63, 3.8) is 0 Å². The SMILES string of the molecule is C[C@H](NC(=O)C1(c2ccccc2)CCN(C(=O)N2CCN(c3ccc(S(C)(=O)=O)cc3F)CC2)CC1)c1ccccc1. The van der Waals surface area contributed by atoms with Crippen molar-refractivity contribution in [3.05, 3.63) is 95.8 Å². The summed E-state index contributed by atoms with van der Waals surface area (Å²) in [5.74, 6) is -0.625. The molecule has 2 heterocycles. The van der Waals surface area contributed by atoms with Gasteiger partial charge in [-0.1, -0.05) is 60.7 Å². The Morgan fingerprint density at radius 2 is 1.40 bits per heavy atom. The molecule has 1 N–H and O–H groups in total. The fourth-order valence-corrected chi connectivity index (χ4v) is 6.59. The Hall–Kier alpha value is -3.92. The molecule has 0 bridgehead atoms. The van der Waals surface area contributed by atoms with Crippen LogP contribution in [0.1, 0.15) is 36.9 Å². The summed E-state index contributed by atoms with van der Waals surface area (Å²) in [7, 11) is -3.50. The second kappa shape index (κ2) is 12.1. The van der Waals surface area contributed by atoms with Crippen LogP contribution in [-0.4, -0.2) is 75.7 Å². The van der Waals surface area contributed by atoms with Gasteiger partial charge in [0, 0.05) is 45.5 Å². The molecule has 3 aromatic rings. The first-order valence-electron chi connectivity index (χ1n) is 14.3. The van der Waals surface area contributed by atoms with Gasteiger partial charge in [0.25, 0.3) is 0 Å². The molecule has 222 valence electrons. The Balaban J connectivity index is 1.23. The number of urea groups is 1. The van der Waals surface area contributed by atoms with Crippen molar-refractivity contribution in [2.45, 2.75) is 36.1 Å². The molecule has 5 rings (SSSR count). The van der Waals surface area contributed by atoms with Gasteiger partial charge in [0.2, 0.25) is 5.91 Å². The van der Waals surface area contributed by atoms with E-state index in [1.54, 1.807) is 4.90 Å². The lowest BCUT2D eigenvalue weighted by Gasteiger charge is -2.44. The van der Waals surface area contributed by atoms with Crippen molar-refractivity contribution in [2.75, 3.05) is 50.4 Å². The summed E-state index contributed by atoms with van der Waals surface area (Å²) < 4.78 is 38.2. The van der Waals surface area contributed by atoms with Gasteiger partial charge in [0.15, 0.2) is 9.84 Å². The maximum absolute atomic E-state index is 14.7. The molecule has 42 heavy (non-hydrogen) atoms. The standard InChI is InChI=1S/C32H37FN4O4S/c1-24(25-9-5-3-6-10-25)34-30(38)32(26-11-7-4-8-12-26)15-17-36(18-16-32)31(39)37-21-19-35(20-22-37)29-14-13-27(23-28(29)33)42(2,40)41/h3-14,23-24H,15-22H2,1-2H3,(H,34,38)/t24-/m0/s1. The number of anilines is 1. The predicted molar refractivity (Wildman–Crippen MR) is 161 cm³/mol. The summed E-state index contributed by atoms with van der Waals surface area (Å²) in [6.45, 7) is 4.58. The van der Waals surface area contributed by atoms with Crippen LogP contribution in [0.4, 0.5) is 14.9 Å². The van der Waals surface area contributed by atoms with Gasteiger partial charge in [-0.3, -0.25) is 4.79 Å². The molecule has 10 heteroatoms. The normalized spacial score (nSPS) is 17.9. The molecular formula is C32H37FN4O4S. The van der Waals surface area contributed by atoms with E-state index < -0.39 is 21.1 Å². The molecule has 2 fully saturated rings. The van der Waals surface area contributed by atoms with Crippen LogP contribution < -0.4 is 10.2 Å². The molecule has 0 radical (unpaired) electrons. The average Bonchev–Trinajstić information content (AvgIpc) is 3.01. The Morgan fingerprint density at radius 3 is 1.98 bits per heavy atom. The molecule has 3 aromatic carbocycles. The number of likely N-dealkylation sites (tertiary alicyclic amines) is 1. The fraction of sp³-hybridized carbons (Fsp3) is 0.375. The highest BCUT2D eigenvalue weighted by molar-refractivity contribution is 7.90. The molecule has 0 aromatic heterocycles. The van der Waals surface area contributed by atoms with Gasteiger partial charge < -0.3 is 20.0 Å². The lowest BCUT2D eigenvalue weighted by Crippen LogP contribution is -2.57. The minimum Gasteiger partial charge on any atom is -0.366 e. The number of sulfone groups is 1. The lowest BCUT2D eigenvalue weighted by atomic mass is 9.71. The average molecular weight is 593 g/mol. The Morgan fingerprint density at radius 1 is 0.833 bits per heavy atom. The molecule has 2 aliphatic heterocycles. The number of hydrogen-bond acceptors (Lipinski definition) is 5. The van der Waals surface area contributed by atoms with Crippen molar-refractivity contribution >= 4 is 27.5 Å². The van der Waals surface area contributed by atoms with Crippen molar-refractivity contribution in [1.82, 2.24) is 15.1 Å². The molecule has 8 nitrogen and oxygen atoms in total. The fourth-order valence-electron chi connectivity index (χ4n) is 5.96. The van der Waals surface area contributed by atoms with Gasteiger partial charge in [-0.05, 0) is 49.1 Å². The summed E-state index contributed by atoms with van der Waals surface area (Å²) in [6, 6.07) is 23.4. The third-order valence-corrected chi connectivity index (χ3v) is 9.64. The van der Waals surface area contributed by atoms with Crippen molar-refractivity contribution < 1.29 is 22.4 Å². The van der Waals surface area contributed by atoms with E-state index in [0.29, 0.717) is 57.8 Å². The Labute approximate surface area is 247 Å². The summed E-state index contributed by atoms with van der Waals surface area (Å²) in [5, 5.41) is 3.23. The smallest absolute Gasteiger partial charge is 0.320 e. The second-order valence-corrected chi connectivity index (χ2v) is 13.2. The summed E-state index contributed by atoms with van der Waals surface area (Å²) in [5.41, 5.74) is 1.57. The largest absolute Gasteiger partial charge is 0.366 e. The molecule has 0 aliphatic carbocycles. The number of hydrogen-bond donors (Lipinski definition) is 1. The van der Waals surface area contributed by atoms with Crippen molar-refractivity contribution in [1.29, 1.82) is 0 Å². The molecule has 0 unspecified atom stereocenters. The van der Waals surface area contributed by atoms with Crippen LogP contribution in [0, 0.1) is 5.82 Å². The van der Waals surface area contributed by atoms with Crippen molar-refractivity contribution in [2.24, 2.45) is 0 Å². The minimum absolute atomic E-state index is 0.0327. The maximum atomic E-state index is 14.7. The number of amides is 3. The first kappa shape index (κ1) is 29.6. The highest BCUT2D eigenvalue weighted by Crippen LogP contribution is 2.37. The number of benzene rings is 3. The maximum Gasteiger partial charge on any atom is 0.320 e.